The van der Waals surface area contributed by atoms with Gasteiger partial charge in [-0.05, 0) is 26.1 Å². The van der Waals surface area contributed by atoms with Crippen LogP contribution in [0.15, 0.2) is 24.3 Å². The molecule has 1 aliphatic heterocycles. The standard InChI is InChI=1S/C17H22N6O4/c1-12-18-19-16(21(12)3)10-20(2)11-17(24)22-8-15(9-22)27-14-6-4-13(5-7-14)23(25)26/h4-7,15H,8-11H2,1-3H3. The maximum Gasteiger partial charge on any atom is 0.269 e. The number of amides is 1. The zero-order chi connectivity index (χ0) is 19.6. The summed E-state index contributed by atoms with van der Waals surface area (Å²) < 4.78 is 7.63. The number of hydrogen-bond donors (Lipinski definition) is 0. The highest BCUT2D eigenvalue weighted by Crippen LogP contribution is 2.21. The van der Waals surface area contributed by atoms with Gasteiger partial charge < -0.3 is 14.2 Å². The number of likely N-dealkylation sites (tertiary alicyclic amines) is 1. The SMILES string of the molecule is Cc1nnc(CN(C)CC(=O)N2CC(Oc3ccc([N+](=O)[O-])cc3)C2)n1C. The van der Waals surface area contributed by atoms with E-state index in [4.69, 9.17) is 4.74 Å². The highest BCUT2D eigenvalue weighted by Gasteiger charge is 2.32. The molecule has 0 bridgehead atoms. The molecule has 1 aliphatic rings. The number of nitro benzene ring substituents is 1. The van der Waals surface area contributed by atoms with Crippen LogP contribution in [0.25, 0.3) is 0 Å². The summed E-state index contributed by atoms with van der Waals surface area (Å²) in [7, 11) is 3.77. The van der Waals surface area contributed by atoms with E-state index in [-0.39, 0.29) is 24.2 Å². The van der Waals surface area contributed by atoms with Gasteiger partial charge in [-0.25, -0.2) is 0 Å². The molecule has 10 nitrogen and oxygen atoms in total. The molecule has 3 rings (SSSR count). The number of non-ortho nitro benzene ring substituents is 1. The average molecular weight is 374 g/mol. The number of aryl methyl sites for hydroxylation is 1. The van der Waals surface area contributed by atoms with Crippen LogP contribution in [0.1, 0.15) is 11.6 Å². The average Bonchev–Trinajstić information content (AvgIpc) is 2.90. The molecule has 1 aromatic heterocycles. The van der Waals surface area contributed by atoms with Crippen molar-refractivity contribution in [1.29, 1.82) is 0 Å². The molecule has 10 heteroatoms. The highest BCUT2D eigenvalue weighted by molar-refractivity contribution is 5.79. The van der Waals surface area contributed by atoms with Gasteiger partial charge in [0.2, 0.25) is 5.91 Å². The van der Waals surface area contributed by atoms with Gasteiger partial charge in [-0.15, -0.1) is 10.2 Å². The highest BCUT2D eigenvalue weighted by atomic mass is 16.6. The molecule has 27 heavy (non-hydrogen) atoms. The number of carbonyl (C=O) groups excluding carboxylic acids is 1. The Morgan fingerprint density at radius 2 is 2.00 bits per heavy atom. The van der Waals surface area contributed by atoms with Crippen molar-refractivity contribution in [2.24, 2.45) is 7.05 Å². The van der Waals surface area contributed by atoms with E-state index in [2.05, 4.69) is 10.2 Å². The maximum absolute atomic E-state index is 12.3. The molecule has 0 N–H and O–H groups in total. The smallest absolute Gasteiger partial charge is 0.269 e. The lowest BCUT2D eigenvalue weighted by Crippen LogP contribution is -2.58. The van der Waals surface area contributed by atoms with Gasteiger partial charge in [0, 0.05) is 19.2 Å². The van der Waals surface area contributed by atoms with Crippen LogP contribution in [-0.4, -0.2) is 68.2 Å². The van der Waals surface area contributed by atoms with Crippen molar-refractivity contribution in [3.63, 3.8) is 0 Å². The molecular formula is C17H22N6O4. The second kappa shape index (κ2) is 7.70. The number of benzene rings is 1. The first-order chi connectivity index (χ1) is 12.8. The Balaban J connectivity index is 1.42. The minimum atomic E-state index is -0.452. The normalized spacial score (nSPS) is 14.3. The second-order valence-corrected chi connectivity index (χ2v) is 6.68. The molecule has 144 valence electrons. The van der Waals surface area contributed by atoms with E-state index in [1.54, 1.807) is 17.0 Å². The largest absolute Gasteiger partial charge is 0.487 e. The van der Waals surface area contributed by atoms with Gasteiger partial charge in [0.05, 0.1) is 31.1 Å². The summed E-state index contributed by atoms with van der Waals surface area (Å²) in [4.78, 5) is 26.2. The summed E-state index contributed by atoms with van der Waals surface area (Å²) >= 11 is 0. The van der Waals surface area contributed by atoms with Crippen LogP contribution in [-0.2, 0) is 18.4 Å². The van der Waals surface area contributed by atoms with Crippen LogP contribution >= 0.6 is 0 Å². The summed E-state index contributed by atoms with van der Waals surface area (Å²) in [5.41, 5.74) is 0.0221. The molecule has 0 atom stereocenters. The number of nitrogens with zero attached hydrogens (tertiary/aromatic N) is 6. The van der Waals surface area contributed by atoms with Gasteiger partial charge in [-0.3, -0.25) is 19.8 Å². The molecule has 1 fully saturated rings. The minimum Gasteiger partial charge on any atom is -0.487 e. The molecule has 1 saturated heterocycles. The monoisotopic (exact) mass is 374 g/mol. The first-order valence-electron chi connectivity index (χ1n) is 8.56. The Morgan fingerprint density at radius 3 is 2.56 bits per heavy atom. The van der Waals surface area contributed by atoms with Crippen molar-refractivity contribution in [3.05, 3.63) is 46.0 Å². The number of hydrogen-bond acceptors (Lipinski definition) is 7. The van der Waals surface area contributed by atoms with E-state index in [0.29, 0.717) is 25.4 Å². The number of ether oxygens (including phenoxy) is 1. The lowest BCUT2D eigenvalue weighted by molar-refractivity contribution is -0.384. The Hall–Kier alpha value is -3.01. The molecular weight excluding hydrogens is 352 g/mol. The van der Waals surface area contributed by atoms with Crippen LogP contribution in [0.2, 0.25) is 0 Å². The molecule has 0 radical (unpaired) electrons. The van der Waals surface area contributed by atoms with Gasteiger partial charge >= 0.3 is 0 Å². The number of likely N-dealkylation sites (N-methyl/N-ethyl adjacent to an activating group) is 1. The van der Waals surface area contributed by atoms with Crippen molar-refractivity contribution in [2.45, 2.75) is 19.6 Å². The van der Waals surface area contributed by atoms with E-state index in [9.17, 15) is 14.9 Å². The summed E-state index contributed by atoms with van der Waals surface area (Å²) in [6, 6.07) is 5.94. The van der Waals surface area contributed by atoms with Crippen LogP contribution in [0.3, 0.4) is 0 Å². The van der Waals surface area contributed by atoms with Gasteiger partial charge in [-0.2, -0.15) is 0 Å². The van der Waals surface area contributed by atoms with Crippen molar-refractivity contribution in [2.75, 3.05) is 26.7 Å². The third-order valence-electron chi connectivity index (χ3n) is 4.55. The van der Waals surface area contributed by atoms with E-state index < -0.39 is 4.92 Å². The minimum absolute atomic E-state index is 0.0221. The fourth-order valence-corrected chi connectivity index (χ4v) is 2.77. The fraction of sp³-hybridized carbons (Fsp3) is 0.471. The lowest BCUT2D eigenvalue weighted by Gasteiger charge is -2.39. The first kappa shape index (κ1) is 18.8. The Kier molecular flexibility index (Phi) is 5.36. The first-order valence-corrected chi connectivity index (χ1v) is 8.56. The maximum atomic E-state index is 12.3. The van der Waals surface area contributed by atoms with E-state index in [1.807, 2.05) is 30.5 Å². The number of nitro groups is 1. The summed E-state index contributed by atoms with van der Waals surface area (Å²) in [5.74, 6) is 2.23. The van der Waals surface area contributed by atoms with E-state index in [1.165, 1.54) is 12.1 Å². The van der Waals surface area contributed by atoms with Gasteiger partial charge in [0.1, 0.15) is 23.5 Å². The van der Waals surface area contributed by atoms with Crippen LogP contribution in [0.5, 0.6) is 5.75 Å². The van der Waals surface area contributed by atoms with Crippen LogP contribution < -0.4 is 4.74 Å². The van der Waals surface area contributed by atoms with Crippen molar-refractivity contribution >= 4 is 11.6 Å². The van der Waals surface area contributed by atoms with Gasteiger partial charge in [-0.1, -0.05) is 0 Å². The van der Waals surface area contributed by atoms with Gasteiger partial charge in [0.15, 0.2) is 0 Å². The molecule has 0 unspecified atom stereocenters. The van der Waals surface area contributed by atoms with E-state index >= 15 is 0 Å². The van der Waals surface area contributed by atoms with Crippen molar-refractivity contribution in [1.82, 2.24) is 24.6 Å². The third kappa shape index (κ3) is 4.40. The van der Waals surface area contributed by atoms with Crippen LogP contribution in [0.4, 0.5) is 5.69 Å². The summed E-state index contributed by atoms with van der Waals surface area (Å²) in [6.45, 7) is 3.72. The molecule has 2 heterocycles. The topological polar surface area (TPSA) is 107 Å². The van der Waals surface area contributed by atoms with Gasteiger partial charge in [0.25, 0.3) is 5.69 Å². The van der Waals surface area contributed by atoms with Crippen LogP contribution in [0, 0.1) is 17.0 Å². The quantitative estimate of drug-likeness (QED) is 0.520. The molecule has 2 aromatic rings. The number of rotatable bonds is 7. The zero-order valence-electron chi connectivity index (χ0n) is 15.5. The molecule has 1 amide bonds. The third-order valence-corrected chi connectivity index (χ3v) is 4.55. The zero-order valence-corrected chi connectivity index (χ0v) is 15.5. The molecule has 1 aromatic carbocycles. The summed E-state index contributed by atoms with van der Waals surface area (Å²) in [5, 5.41) is 18.8. The predicted molar refractivity (Wildman–Crippen MR) is 96.2 cm³/mol. The Labute approximate surface area is 156 Å². The Morgan fingerprint density at radius 1 is 1.33 bits per heavy atom. The van der Waals surface area contributed by atoms with E-state index in [0.717, 1.165) is 11.6 Å². The summed E-state index contributed by atoms with van der Waals surface area (Å²) in [6.07, 6.45) is -0.0953. The Bertz CT molecular complexity index is 828. The fourth-order valence-electron chi connectivity index (χ4n) is 2.77. The predicted octanol–water partition coefficient (Wildman–Crippen LogP) is 0.753. The number of aromatic nitrogens is 3. The lowest BCUT2D eigenvalue weighted by atomic mass is 10.1. The molecule has 0 aliphatic carbocycles. The molecule has 0 spiro atoms. The molecule has 0 saturated carbocycles. The van der Waals surface area contributed by atoms with Crippen molar-refractivity contribution in [3.8, 4) is 5.75 Å². The second-order valence-electron chi connectivity index (χ2n) is 6.68. The number of carbonyl (C=O) groups is 1. The van der Waals surface area contributed by atoms with Crippen molar-refractivity contribution < 1.29 is 14.5 Å².